The van der Waals surface area contributed by atoms with Gasteiger partial charge in [0.25, 0.3) is 5.91 Å². The van der Waals surface area contributed by atoms with Gasteiger partial charge in [0.1, 0.15) is 11.3 Å². The highest BCUT2D eigenvalue weighted by molar-refractivity contribution is 5.99. The Morgan fingerprint density at radius 2 is 2.04 bits per heavy atom. The third-order valence-electron chi connectivity index (χ3n) is 4.37. The average molecular weight is 326 g/mol. The van der Waals surface area contributed by atoms with Gasteiger partial charge in [-0.3, -0.25) is 9.78 Å². The number of carbonyl (C=O) groups excluding carboxylic acids is 1. The lowest BCUT2D eigenvalue weighted by atomic mass is 9.76. The van der Waals surface area contributed by atoms with Crippen molar-refractivity contribution < 1.29 is 19.4 Å². The van der Waals surface area contributed by atoms with Crippen LogP contribution < -0.4 is 10.1 Å². The number of aliphatic carboxylic acids is 1. The Morgan fingerprint density at radius 3 is 2.58 bits per heavy atom. The van der Waals surface area contributed by atoms with Crippen LogP contribution in [0.1, 0.15) is 29.6 Å². The van der Waals surface area contributed by atoms with Gasteiger partial charge >= 0.3 is 5.97 Å². The summed E-state index contributed by atoms with van der Waals surface area (Å²) in [5.74, 6) is -0.792. The number of aromatic nitrogens is 1. The molecule has 6 heteroatoms. The molecule has 6 nitrogen and oxygen atoms in total. The van der Waals surface area contributed by atoms with Crippen molar-refractivity contribution in [3.8, 4) is 17.0 Å². The molecule has 1 heterocycles. The smallest absolute Gasteiger partial charge is 0.329 e. The number of hydrogen-bond donors (Lipinski definition) is 2. The minimum absolute atomic E-state index is 0.379. The molecule has 3 rings (SSSR count). The van der Waals surface area contributed by atoms with Crippen molar-refractivity contribution in [3.63, 3.8) is 0 Å². The number of carboxylic acids is 1. The maximum atomic E-state index is 12.5. The van der Waals surface area contributed by atoms with Gasteiger partial charge in [-0.15, -0.1) is 0 Å². The van der Waals surface area contributed by atoms with Crippen molar-refractivity contribution in [2.45, 2.75) is 24.8 Å². The lowest BCUT2D eigenvalue weighted by Crippen LogP contribution is -2.59. The molecule has 0 radical (unpaired) electrons. The van der Waals surface area contributed by atoms with Crippen LogP contribution in [0.3, 0.4) is 0 Å². The number of methoxy groups -OCH3 is 1. The predicted molar refractivity (Wildman–Crippen MR) is 87.9 cm³/mol. The van der Waals surface area contributed by atoms with E-state index in [-0.39, 0.29) is 0 Å². The number of nitrogens with one attached hydrogen (secondary N) is 1. The normalized spacial score (nSPS) is 15.2. The Bertz CT molecular complexity index is 770. The second kappa shape index (κ2) is 6.31. The summed E-state index contributed by atoms with van der Waals surface area (Å²) in [4.78, 5) is 28.2. The van der Waals surface area contributed by atoms with Gasteiger partial charge in [0.2, 0.25) is 0 Å². The van der Waals surface area contributed by atoms with E-state index < -0.39 is 17.4 Å². The molecule has 2 N–H and O–H groups in total. The first-order chi connectivity index (χ1) is 11.6. The number of benzene rings is 1. The molecule has 2 aromatic rings. The van der Waals surface area contributed by atoms with Crippen LogP contribution in [0, 0.1) is 0 Å². The van der Waals surface area contributed by atoms with E-state index in [4.69, 9.17) is 4.74 Å². The zero-order valence-corrected chi connectivity index (χ0v) is 13.3. The lowest BCUT2D eigenvalue weighted by Gasteiger charge is -2.38. The molecule has 1 aromatic heterocycles. The summed E-state index contributed by atoms with van der Waals surface area (Å²) in [6.07, 6.45) is 3.37. The first-order valence-electron chi connectivity index (χ1n) is 7.71. The molecule has 0 aliphatic heterocycles. The number of ether oxygens (including phenoxy) is 1. The SMILES string of the molecule is COc1ccc(C(=O)NC2(C(=O)O)CCC2)cc1-c1ccccn1. The molecule has 1 aliphatic carbocycles. The summed E-state index contributed by atoms with van der Waals surface area (Å²) >= 11 is 0. The number of hydrogen-bond acceptors (Lipinski definition) is 4. The fourth-order valence-corrected chi connectivity index (χ4v) is 2.78. The van der Waals surface area contributed by atoms with Crippen LogP contribution >= 0.6 is 0 Å². The number of amides is 1. The van der Waals surface area contributed by atoms with E-state index in [9.17, 15) is 14.7 Å². The molecular weight excluding hydrogens is 308 g/mol. The largest absolute Gasteiger partial charge is 0.496 e. The van der Waals surface area contributed by atoms with Gasteiger partial charge in [-0.2, -0.15) is 0 Å². The second-order valence-electron chi connectivity index (χ2n) is 5.82. The Kier molecular flexibility index (Phi) is 4.20. The van der Waals surface area contributed by atoms with Crippen molar-refractivity contribution in [1.29, 1.82) is 0 Å². The molecular formula is C18H18N2O4. The first-order valence-corrected chi connectivity index (χ1v) is 7.71. The molecule has 0 bridgehead atoms. The van der Waals surface area contributed by atoms with E-state index in [1.54, 1.807) is 37.6 Å². The van der Waals surface area contributed by atoms with Crippen LogP contribution in [0.4, 0.5) is 0 Å². The number of carbonyl (C=O) groups is 2. The van der Waals surface area contributed by atoms with Crippen LogP contribution in [-0.4, -0.2) is 34.6 Å². The predicted octanol–water partition coefficient (Wildman–Crippen LogP) is 2.49. The van der Waals surface area contributed by atoms with Gasteiger partial charge in [-0.1, -0.05) is 6.07 Å². The topological polar surface area (TPSA) is 88.5 Å². The number of rotatable bonds is 5. The molecule has 1 saturated carbocycles. The average Bonchev–Trinajstić information content (AvgIpc) is 2.57. The van der Waals surface area contributed by atoms with Crippen LogP contribution in [0.25, 0.3) is 11.3 Å². The van der Waals surface area contributed by atoms with E-state index in [0.29, 0.717) is 35.4 Å². The second-order valence-corrected chi connectivity index (χ2v) is 5.82. The van der Waals surface area contributed by atoms with Crippen molar-refractivity contribution in [3.05, 3.63) is 48.2 Å². The summed E-state index contributed by atoms with van der Waals surface area (Å²) in [6.45, 7) is 0. The molecule has 124 valence electrons. The molecule has 1 amide bonds. The van der Waals surface area contributed by atoms with E-state index in [0.717, 1.165) is 6.42 Å². The fraction of sp³-hybridized carbons (Fsp3) is 0.278. The molecule has 24 heavy (non-hydrogen) atoms. The Balaban J connectivity index is 1.92. The first kappa shape index (κ1) is 16.0. The maximum Gasteiger partial charge on any atom is 0.329 e. The number of carboxylic acid groups (broad SMARTS) is 1. The van der Waals surface area contributed by atoms with Crippen molar-refractivity contribution in [1.82, 2.24) is 10.3 Å². The molecule has 0 saturated heterocycles. The van der Waals surface area contributed by atoms with Crippen molar-refractivity contribution >= 4 is 11.9 Å². The van der Waals surface area contributed by atoms with E-state index in [1.165, 1.54) is 0 Å². The molecule has 1 aliphatic rings. The number of nitrogens with zero attached hydrogens (tertiary/aromatic N) is 1. The minimum atomic E-state index is -1.14. The van der Waals surface area contributed by atoms with E-state index in [1.807, 2.05) is 12.1 Å². The van der Waals surface area contributed by atoms with Gasteiger partial charge in [0.15, 0.2) is 0 Å². The van der Waals surface area contributed by atoms with Crippen LogP contribution in [0.2, 0.25) is 0 Å². The standard InChI is InChI=1S/C18H18N2O4/c1-24-15-7-6-12(11-13(15)14-5-2-3-10-19-14)16(21)20-18(17(22)23)8-4-9-18/h2-3,5-7,10-11H,4,8-9H2,1H3,(H,20,21)(H,22,23). The Hall–Kier alpha value is -2.89. The van der Waals surface area contributed by atoms with Gasteiger partial charge in [0.05, 0.1) is 12.8 Å². The van der Waals surface area contributed by atoms with Gasteiger partial charge in [0, 0.05) is 17.3 Å². The van der Waals surface area contributed by atoms with Crippen molar-refractivity contribution in [2.75, 3.05) is 7.11 Å². The zero-order valence-electron chi connectivity index (χ0n) is 13.3. The highest BCUT2D eigenvalue weighted by atomic mass is 16.5. The zero-order chi connectivity index (χ0) is 17.2. The quantitative estimate of drug-likeness (QED) is 0.881. The third kappa shape index (κ3) is 2.82. The summed E-state index contributed by atoms with van der Waals surface area (Å²) in [6, 6.07) is 10.5. The summed E-state index contributed by atoms with van der Waals surface area (Å²) < 4.78 is 5.34. The van der Waals surface area contributed by atoms with Crippen molar-refractivity contribution in [2.24, 2.45) is 0 Å². The fourth-order valence-electron chi connectivity index (χ4n) is 2.78. The summed E-state index contributed by atoms with van der Waals surface area (Å²) in [5.41, 5.74) is 0.607. The van der Waals surface area contributed by atoms with Crippen LogP contribution in [0.15, 0.2) is 42.6 Å². The van der Waals surface area contributed by atoms with Gasteiger partial charge in [-0.05, 0) is 49.6 Å². The van der Waals surface area contributed by atoms with Crippen LogP contribution in [0.5, 0.6) is 5.75 Å². The summed E-state index contributed by atoms with van der Waals surface area (Å²) in [7, 11) is 1.55. The third-order valence-corrected chi connectivity index (χ3v) is 4.37. The molecule has 0 spiro atoms. The van der Waals surface area contributed by atoms with E-state index >= 15 is 0 Å². The monoisotopic (exact) mass is 326 g/mol. The lowest BCUT2D eigenvalue weighted by molar-refractivity contribution is -0.148. The highest BCUT2D eigenvalue weighted by Gasteiger charge is 2.45. The highest BCUT2D eigenvalue weighted by Crippen LogP contribution is 2.33. The van der Waals surface area contributed by atoms with Crippen LogP contribution in [-0.2, 0) is 4.79 Å². The van der Waals surface area contributed by atoms with Gasteiger partial charge in [-0.25, -0.2) is 4.79 Å². The Labute approximate surface area is 139 Å². The maximum absolute atomic E-state index is 12.5. The molecule has 0 unspecified atom stereocenters. The molecule has 0 atom stereocenters. The minimum Gasteiger partial charge on any atom is -0.496 e. The molecule has 1 fully saturated rings. The molecule has 1 aromatic carbocycles. The number of pyridine rings is 1. The summed E-state index contributed by atoms with van der Waals surface area (Å²) in [5, 5.41) is 12.0. The van der Waals surface area contributed by atoms with Gasteiger partial charge < -0.3 is 15.2 Å². The van der Waals surface area contributed by atoms with E-state index in [2.05, 4.69) is 10.3 Å². The Morgan fingerprint density at radius 1 is 1.25 bits per heavy atom.